The predicted molar refractivity (Wildman–Crippen MR) is 120 cm³/mol. The summed E-state index contributed by atoms with van der Waals surface area (Å²) in [5, 5.41) is 0. The van der Waals surface area contributed by atoms with Crippen LogP contribution in [0.15, 0.2) is 40.1 Å². The Hall–Kier alpha value is -1.88. The third-order valence-corrected chi connectivity index (χ3v) is 9.28. The van der Waals surface area contributed by atoms with E-state index in [9.17, 15) is 8.42 Å². The number of aryl methyl sites for hydroxylation is 1. The Morgan fingerprint density at radius 2 is 1.86 bits per heavy atom. The predicted octanol–water partition coefficient (Wildman–Crippen LogP) is 4.20. The lowest BCUT2D eigenvalue weighted by atomic mass is 10.0. The Kier molecular flexibility index (Phi) is 5.22. The smallest absolute Gasteiger partial charge is 0.242 e. The van der Waals surface area contributed by atoms with Gasteiger partial charge in [0, 0.05) is 0 Å². The fraction of sp³-hybridized carbons (Fsp3) is 0.400. The minimum atomic E-state index is -3.85. The van der Waals surface area contributed by atoms with Gasteiger partial charge in [-0.25, -0.2) is 13.4 Å². The molecule has 3 aromatic rings. The first-order valence-electron chi connectivity index (χ1n) is 9.54. The van der Waals surface area contributed by atoms with Gasteiger partial charge in [0.25, 0.3) is 0 Å². The van der Waals surface area contributed by atoms with Gasteiger partial charge in [-0.2, -0.15) is 4.98 Å². The molecule has 1 aliphatic carbocycles. The van der Waals surface area contributed by atoms with Gasteiger partial charge in [0.1, 0.15) is 33.7 Å². The van der Waals surface area contributed by atoms with Crippen molar-refractivity contribution in [2.45, 2.75) is 58.8 Å². The number of aromatic amines is 1. The molecule has 29 heavy (non-hydrogen) atoms. The Morgan fingerprint density at radius 3 is 2.52 bits per heavy atom. The molecule has 7 nitrogen and oxygen atoms in total. The first kappa shape index (κ1) is 20.4. The van der Waals surface area contributed by atoms with Crippen molar-refractivity contribution in [3.8, 4) is 5.88 Å². The van der Waals surface area contributed by atoms with Crippen LogP contribution in [0.25, 0.3) is 11.0 Å². The molecule has 154 valence electrons. The number of hydrogen-bond donors (Lipinski definition) is 2. The first-order chi connectivity index (χ1) is 13.7. The highest BCUT2D eigenvalue weighted by Crippen LogP contribution is 2.43. The number of H-pyrrole nitrogens is 1. The summed E-state index contributed by atoms with van der Waals surface area (Å²) in [6.45, 7) is 3.75. The van der Waals surface area contributed by atoms with Crippen molar-refractivity contribution >= 4 is 49.3 Å². The van der Waals surface area contributed by atoms with Crippen molar-refractivity contribution < 1.29 is 13.2 Å². The molecule has 1 aliphatic rings. The quantitative estimate of drug-likeness (QED) is 0.381. The molecule has 1 unspecified atom stereocenters. The van der Waals surface area contributed by atoms with E-state index in [0.717, 1.165) is 12.8 Å². The van der Waals surface area contributed by atoms with Crippen molar-refractivity contribution in [2.24, 2.45) is 0 Å². The van der Waals surface area contributed by atoms with Crippen molar-refractivity contribution in [1.82, 2.24) is 15.0 Å². The second kappa shape index (κ2) is 7.42. The SMILES string of the molecule is Cc1nc(OC(C)C2(I)CCCC2)c2[nH]c(N)c(S(=O)(=O)c3ccccc3)c2n1. The van der Waals surface area contributed by atoms with E-state index in [1.165, 1.54) is 12.8 Å². The van der Waals surface area contributed by atoms with Gasteiger partial charge >= 0.3 is 0 Å². The van der Waals surface area contributed by atoms with Crippen LogP contribution in [0.5, 0.6) is 5.88 Å². The van der Waals surface area contributed by atoms with Crippen molar-refractivity contribution in [1.29, 1.82) is 0 Å². The fourth-order valence-corrected chi connectivity index (χ4v) is 6.24. The van der Waals surface area contributed by atoms with E-state index in [0.29, 0.717) is 17.2 Å². The minimum absolute atomic E-state index is 0.0336. The zero-order chi connectivity index (χ0) is 20.8. The largest absolute Gasteiger partial charge is 0.472 e. The number of fused-ring (bicyclic) bond motifs is 1. The maximum Gasteiger partial charge on any atom is 0.242 e. The average molecular weight is 526 g/mol. The summed E-state index contributed by atoms with van der Waals surface area (Å²) in [6, 6.07) is 8.20. The molecule has 0 radical (unpaired) electrons. The summed E-state index contributed by atoms with van der Waals surface area (Å²) >= 11 is 2.48. The van der Waals surface area contributed by atoms with Crippen LogP contribution >= 0.6 is 22.6 Å². The summed E-state index contributed by atoms with van der Waals surface area (Å²) in [5.74, 6) is 0.799. The van der Waals surface area contributed by atoms with Crippen molar-refractivity contribution in [3.05, 3.63) is 36.2 Å². The van der Waals surface area contributed by atoms with Crippen LogP contribution in [-0.4, -0.2) is 32.9 Å². The number of anilines is 1. The molecule has 0 saturated heterocycles. The van der Waals surface area contributed by atoms with Gasteiger partial charge in [0.15, 0.2) is 0 Å². The number of nitrogens with two attached hydrogens (primary N) is 1. The van der Waals surface area contributed by atoms with E-state index in [1.807, 2.05) is 6.92 Å². The minimum Gasteiger partial charge on any atom is -0.472 e. The van der Waals surface area contributed by atoms with Gasteiger partial charge in [0.2, 0.25) is 15.7 Å². The second-order valence-corrected chi connectivity index (χ2v) is 11.5. The number of halogens is 1. The highest BCUT2D eigenvalue weighted by Gasteiger charge is 2.39. The summed E-state index contributed by atoms with van der Waals surface area (Å²) in [6.07, 6.45) is 4.46. The molecule has 1 saturated carbocycles. The number of benzene rings is 1. The van der Waals surface area contributed by atoms with Crippen LogP contribution in [0.1, 0.15) is 38.4 Å². The van der Waals surface area contributed by atoms with Crippen LogP contribution in [0, 0.1) is 6.92 Å². The monoisotopic (exact) mass is 526 g/mol. The van der Waals surface area contributed by atoms with E-state index in [1.54, 1.807) is 37.3 Å². The molecule has 0 bridgehead atoms. The Bertz CT molecular complexity index is 1160. The Labute approximate surface area is 183 Å². The molecule has 1 aromatic carbocycles. The van der Waals surface area contributed by atoms with Crippen LogP contribution in [0.2, 0.25) is 0 Å². The molecule has 1 fully saturated rings. The van der Waals surface area contributed by atoms with Crippen molar-refractivity contribution in [3.63, 3.8) is 0 Å². The van der Waals surface area contributed by atoms with E-state index in [-0.39, 0.29) is 30.7 Å². The maximum atomic E-state index is 13.2. The van der Waals surface area contributed by atoms with Gasteiger partial charge in [-0.1, -0.05) is 53.6 Å². The maximum absolute atomic E-state index is 13.2. The van der Waals surface area contributed by atoms with Gasteiger partial charge in [-0.05, 0) is 38.8 Å². The van der Waals surface area contributed by atoms with Crippen LogP contribution in [-0.2, 0) is 9.84 Å². The number of ether oxygens (including phenoxy) is 1. The lowest BCUT2D eigenvalue weighted by Gasteiger charge is -2.29. The number of rotatable bonds is 5. The third-order valence-electron chi connectivity index (χ3n) is 5.48. The van der Waals surface area contributed by atoms with E-state index >= 15 is 0 Å². The number of nitrogens with zero attached hydrogens (tertiary/aromatic N) is 2. The summed E-state index contributed by atoms with van der Waals surface area (Å²) < 4.78 is 32.7. The highest BCUT2D eigenvalue weighted by molar-refractivity contribution is 14.1. The van der Waals surface area contributed by atoms with Crippen LogP contribution in [0.4, 0.5) is 5.82 Å². The molecule has 0 spiro atoms. The first-order valence-corrected chi connectivity index (χ1v) is 12.1. The van der Waals surface area contributed by atoms with Gasteiger partial charge in [0.05, 0.1) is 8.32 Å². The number of hydrogen-bond acceptors (Lipinski definition) is 6. The van der Waals surface area contributed by atoms with Gasteiger partial charge < -0.3 is 15.5 Å². The second-order valence-electron chi connectivity index (χ2n) is 7.49. The normalized spacial score (nSPS) is 17.5. The summed E-state index contributed by atoms with van der Waals surface area (Å²) in [5.41, 5.74) is 6.78. The molecule has 9 heteroatoms. The topological polar surface area (TPSA) is 111 Å². The standard InChI is InChI=1S/C20H23IN4O3S/c1-12(20(21)10-6-7-11-20)28-19-16-15(23-13(2)24-19)17(18(22)25-16)29(26,27)14-8-4-3-5-9-14/h3-5,8-9,12,25H,6-7,10-11,22H2,1-2H3. The highest BCUT2D eigenvalue weighted by atomic mass is 127. The summed E-state index contributed by atoms with van der Waals surface area (Å²) in [4.78, 5) is 11.9. The molecule has 2 aromatic heterocycles. The number of sulfone groups is 1. The average Bonchev–Trinajstić information content (AvgIpc) is 3.26. The molecular weight excluding hydrogens is 503 g/mol. The lowest BCUT2D eigenvalue weighted by molar-refractivity contribution is 0.176. The summed E-state index contributed by atoms with van der Waals surface area (Å²) in [7, 11) is -3.85. The van der Waals surface area contributed by atoms with Gasteiger partial charge in [-0.3, -0.25) is 0 Å². The van der Waals surface area contributed by atoms with E-state index in [2.05, 4.69) is 37.5 Å². The lowest BCUT2D eigenvalue weighted by Crippen LogP contribution is -2.35. The molecule has 3 N–H and O–H groups in total. The third kappa shape index (κ3) is 3.58. The van der Waals surface area contributed by atoms with Gasteiger partial charge in [-0.15, -0.1) is 0 Å². The number of aromatic nitrogens is 3. The zero-order valence-electron chi connectivity index (χ0n) is 16.3. The molecule has 0 aliphatic heterocycles. The van der Waals surface area contributed by atoms with Crippen LogP contribution < -0.4 is 10.5 Å². The number of alkyl halides is 1. The molecule has 2 heterocycles. The Morgan fingerprint density at radius 1 is 1.21 bits per heavy atom. The number of nitrogen functional groups attached to an aromatic ring is 1. The molecule has 1 atom stereocenters. The van der Waals surface area contributed by atoms with Crippen LogP contribution in [0.3, 0.4) is 0 Å². The molecule has 4 rings (SSSR count). The molecule has 0 amide bonds. The fourth-order valence-electron chi connectivity index (χ4n) is 3.86. The van der Waals surface area contributed by atoms with Crippen molar-refractivity contribution in [2.75, 3.05) is 5.73 Å². The van der Waals surface area contributed by atoms with E-state index in [4.69, 9.17) is 10.5 Å². The number of nitrogens with one attached hydrogen (secondary N) is 1. The van der Waals surface area contributed by atoms with E-state index < -0.39 is 9.84 Å². The Balaban J connectivity index is 1.83. The molecular formula is C20H23IN4O3S. The zero-order valence-corrected chi connectivity index (χ0v) is 19.2.